The van der Waals surface area contributed by atoms with Crippen molar-refractivity contribution >= 4 is 45.7 Å². The average Bonchev–Trinajstić information content (AvgIpc) is 2.58. The molecule has 0 saturated carbocycles. The lowest BCUT2D eigenvalue weighted by atomic mass is 10.1. The monoisotopic (exact) mass is 370 g/mol. The largest absolute Gasteiger partial charge is 0.465 e. The van der Waals surface area contributed by atoms with Gasteiger partial charge in [0.1, 0.15) is 0 Å². The predicted octanol–water partition coefficient (Wildman–Crippen LogP) is 2.56. The van der Waals surface area contributed by atoms with Gasteiger partial charge >= 0.3 is 11.9 Å². The summed E-state index contributed by atoms with van der Waals surface area (Å²) in [7, 11) is 0. The summed E-state index contributed by atoms with van der Waals surface area (Å²) in [5.74, 6) is -1.09. The predicted molar refractivity (Wildman–Crippen MR) is 93.3 cm³/mol. The number of esters is 2. The minimum absolute atomic E-state index is 0.0809. The van der Waals surface area contributed by atoms with Crippen LogP contribution in [0.1, 0.15) is 34.6 Å². The molecule has 0 amide bonds. The van der Waals surface area contributed by atoms with E-state index in [0.717, 1.165) is 23.5 Å². The van der Waals surface area contributed by atoms with Crippen molar-refractivity contribution in [1.29, 1.82) is 0 Å². The van der Waals surface area contributed by atoms with Gasteiger partial charge in [-0.25, -0.2) is 0 Å². The Kier molecular flexibility index (Phi) is 9.18. The second-order valence-electron chi connectivity index (χ2n) is 4.34. The summed E-state index contributed by atoms with van der Waals surface area (Å²) in [5.41, 5.74) is 0.624. The van der Waals surface area contributed by atoms with Crippen LogP contribution in [-0.4, -0.2) is 46.9 Å². The van der Waals surface area contributed by atoms with Gasteiger partial charge in [-0.15, -0.1) is 0 Å². The van der Waals surface area contributed by atoms with Gasteiger partial charge in [0.15, 0.2) is 0 Å². The summed E-state index contributed by atoms with van der Waals surface area (Å²) < 4.78 is 9.50. The SMILES string of the molecule is CCOC(=O)CSC(=O)c1cccc(C(=O)SCC(=O)OCC)c1. The van der Waals surface area contributed by atoms with Crippen LogP contribution in [0.3, 0.4) is 0 Å². The second-order valence-corrected chi connectivity index (χ2v) is 6.24. The summed E-state index contributed by atoms with van der Waals surface area (Å²) in [4.78, 5) is 46.6. The van der Waals surface area contributed by atoms with Crippen LogP contribution in [0.15, 0.2) is 24.3 Å². The number of hydrogen-bond donors (Lipinski definition) is 0. The van der Waals surface area contributed by atoms with Crippen LogP contribution in [-0.2, 0) is 19.1 Å². The van der Waals surface area contributed by atoms with Gasteiger partial charge in [-0.1, -0.05) is 41.7 Å². The van der Waals surface area contributed by atoms with Gasteiger partial charge < -0.3 is 9.47 Å². The molecule has 130 valence electrons. The van der Waals surface area contributed by atoms with E-state index in [1.807, 2.05) is 0 Å². The molecule has 0 aliphatic rings. The van der Waals surface area contributed by atoms with Gasteiger partial charge in [-0.2, -0.15) is 0 Å². The van der Waals surface area contributed by atoms with Crippen molar-refractivity contribution in [3.8, 4) is 0 Å². The molecule has 0 atom stereocenters. The van der Waals surface area contributed by atoms with E-state index in [2.05, 4.69) is 0 Å². The molecular weight excluding hydrogens is 352 g/mol. The summed E-state index contributed by atoms with van der Waals surface area (Å²) in [6.07, 6.45) is 0. The minimum Gasteiger partial charge on any atom is -0.465 e. The lowest BCUT2D eigenvalue weighted by molar-refractivity contribution is -0.140. The molecule has 0 aliphatic carbocycles. The first-order chi connectivity index (χ1) is 11.5. The molecule has 0 heterocycles. The van der Waals surface area contributed by atoms with E-state index in [1.165, 1.54) is 6.07 Å². The lowest BCUT2D eigenvalue weighted by Gasteiger charge is -2.04. The van der Waals surface area contributed by atoms with Gasteiger partial charge in [-0.3, -0.25) is 19.2 Å². The molecule has 0 aromatic heterocycles. The summed E-state index contributed by atoms with van der Waals surface area (Å²) in [6, 6.07) is 6.15. The molecule has 1 aromatic rings. The molecule has 0 saturated heterocycles. The van der Waals surface area contributed by atoms with Crippen molar-refractivity contribution in [2.75, 3.05) is 24.7 Å². The van der Waals surface area contributed by atoms with Gasteiger partial charge in [0.2, 0.25) is 10.2 Å². The number of benzene rings is 1. The van der Waals surface area contributed by atoms with Gasteiger partial charge in [0.25, 0.3) is 0 Å². The summed E-state index contributed by atoms with van der Waals surface area (Å²) >= 11 is 1.63. The van der Waals surface area contributed by atoms with Gasteiger partial charge in [0.05, 0.1) is 24.7 Å². The molecule has 0 aliphatic heterocycles. The highest BCUT2D eigenvalue weighted by molar-refractivity contribution is 8.15. The average molecular weight is 370 g/mol. The third kappa shape index (κ3) is 7.18. The van der Waals surface area contributed by atoms with Gasteiger partial charge in [-0.05, 0) is 19.9 Å². The number of thioether (sulfide) groups is 2. The van der Waals surface area contributed by atoms with Gasteiger partial charge in [0, 0.05) is 11.1 Å². The molecule has 6 nitrogen and oxygen atoms in total. The molecule has 0 N–H and O–H groups in total. The van der Waals surface area contributed by atoms with Crippen LogP contribution in [0, 0.1) is 0 Å². The number of carbonyl (C=O) groups excluding carboxylic acids is 4. The fourth-order valence-corrected chi connectivity index (χ4v) is 2.85. The van der Waals surface area contributed by atoms with Crippen molar-refractivity contribution in [1.82, 2.24) is 0 Å². The fraction of sp³-hybridized carbons (Fsp3) is 0.375. The fourth-order valence-electron chi connectivity index (χ4n) is 1.59. The molecule has 0 unspecified atom stereocenters. The van der Waals surface area contributed by atoms with Crippen molar-refractivity contribution in [3.05, 3.63) is 35.4 Å². The highest BCUT2D eigenvalue weighted by Gasteiger charge is 2.15. The molecule has 1 rings (SSSR count). The van der Waals surface area contributed by atoms with E-state index in [4.69, 9.17) is 9.47 Å². The van der Waals surface area contributed by atoms with Crippen LogP contribution in [0.2, 0.25) is 0 Å². The van der Waals surface area contributed by atoms with E-state index in [-0.39, 0.29) is 35.0 Å². The van der Waals surface area contributed by atoms with Crippen molar-refractivity contribution in [2.24, 2.45) is 0 Å². The Hall–Kier alpha value is -1.80. The number of hydrogen-bond acceptors (Lipinski definition) is 8. The molecular formula is C16H18O6S2. The smallest absolute Gasteiger partial charge is 0.316 e. The molecule has 0 fully saturated rings. The highest BCUT2D eigenvalue weighted by atomic mass is 32.2. The maximum absolute atomic E-state index is 12.0. The molecule has 8 heteroatoms. The Morgan fingerprint density at radius 1 is 0.833 bits per heavy atom. The maximum atomic E-state index is 12.0. The van der Waals surface area contributed by atoms with Crippen LogP contribution in [0.25, 0.3) is 0 Å². The van der Waals surface area contributed by atoms with E-state index in [0.29, 0.717) is 11.1 Å². The zero-order valence-corrected chi connectivity index (χ0v) is 15.0. The first-order valence-electron chi connectivity index (χ1n) is 7.23. The number of rotatable bonds is 8. The third-order valence-electron chi connectivity index (χ3n) is 2.59. The van der Waals surface area contributed by atoms with E-state index in [9.17, 15) is 19.2 Å². The molecule has 0 radical (unpaired) electrons. The third-order valence-corrected chi connectivity index (χ3v) is 4.34. The highest BCUT2D eigenvalue weighted by Crippen LogP contribution is 2.18. The topological polar surface area (TPSA) is 86.7 Å². The molecule has 1 aromatic carbocycles. The Balaban J connectivity index is 2.62. The van der Waals surface area contributed by atoms with E-state index >= 15 is 0 Å². The van der Waals surface area contributed by atoms with Crippen LogP contribution >= 0.6 is 23.5 Å². The summed E-state index contributed by atoms with van der Waals surface area (Å²) in [6.45, 7) is 3.89. The quantitative estimate of drug-likeness (QED) is 0.645. The van der Waals surface area contributed by atoms with E-state index < -0.39 is 11.9 Å². The molecule has 0 spiro atoms. The van der Waals surface area contributed by atoms with Crippen LogP contribution in [0.5, 0.6) is 0 Å². The summed E-state index contributed by atoms with van der Waals surface area (Å²) in [5, 5.41) is -0.652. The normalized spacial score (nSPS) is 10.1. The minimum atomic E-state index is -0.465. The van der Waals surface area contributed by atoms with Crippen molar-refractivity contribution in [3.63, 3.8) is 0 Å². The number of ether oxygens (including phenoxy) is 2. The Morgan fingerprint density at radius 2 is 1.25 bits per heavy atom. The van der Waals surface area contributed by atoms with Crippen molar-refractivity contribution < 1.29 is 28.7 Å². The molecule has 24 heavy (non-hydrogen) atoms. The zero-order valence-electron chi connectivity index (χ0n) is 13.4. The van der Waals surface area contributed by atoms with Crippen LogP contribution in [0.4, 0.5) is 0 Å². The second kappa shape index (κ2) is 10.9. The number of carbonyl (C=O) groups is 4. The first-order valence-corrected chi connectivity index (χ1v) is 9.20. The maximum Gasteiger partial charge on any atom is 0.316 e. The first kappa shape index (κ1) is 20.2. The Morgan fingerprint density at radius 3 is 1.62 bits per heavy atom. The molecule has 0 bridgehead atoms. The van der Waals surface area contributed by atoms with Crippen molar-refractivity contribution in [2.45, 2.75) is 13.8 Å². The van der Waals surface area contributed by atoms with E-state index in [1.54, 1.807) is 32.0 Å². The Labute approximate surface area is 148 Å². The standard InChI is InChI=1S/C16H18O6S2/c1-3-21-13(17)9-23-15(19)11-6-5-7-12(8-11)16(20)24-10-14(18)22-4-2/h5-8H,3-4,9-10H2,1-2H3. The van der Waals surface area contributed by atoms with Crippen LogP contribution < -0.4 is 0 Å². The zero-order chi connectivity index (χ0) is 17.9. The Bertz CT molecular complexity index is 565. The lowest BCUT2D eigenvalue weighted by Crippen LogP contribution is -2.10.